The Kier molecular flexibility index (Phi) is 7.42. The van der Waals surface area contributed by atoms with Crippen LogP contribution in [0.4, 0.5) is 0 Å². The zero-order chi connectivity index (χ0) is 21.9. The van der Waals surface area contributed by atoms with Crippen LogP contribution >= 0.6 is 23.2 Å². The number of hydrogen-bond acceptors (Lipinski definition) is 4. The van der Waals surface area contributed by atoms with Crippen LogP contribution in [0.5, 0.6) is 0 Å². The van der Waals surface area contributed by atoms with Crippen LogP contribution in [0.2, 0.25) is 10.0 Å². The molecule has 0 saturated carbocycles. The van der Waals surface area contributed by atoms with Crippen molar-refractivity contribution in [3.05, 3.63) is 64.1 Å². The van der Waals surface area contributed by atoms with Crippen LogP contribution in [0.1, 0.15) is 19.4 Å². The SMILES string of the molecule is CC1CN(C(=O)CN(Cc2ccccc2)S(=O)(=O)c2cc(Cl)ccc2Cl)CC(C)O1. The van der Waals surface area contributed by atoms with E-state index in [4.69, 9.17) is 27.9 Å². The summed E-state index contributed by atoms with van der Waals surface area (Å²) in [7, 11) is -4.08. The highest BCUT2D eigenvalue weighted by Gasteiger charge is 2.32. The number of nitrogens with zero attached hydrogens (tertiary/aromatic N) is 2. The van der Waals surface area contributed by atoms with E-state index in [1.807, 2.05) is 44.2 Å². The number of carbonyl (C=O) groups excluding carboxylic acids is 1. The smallest absolute Gasteiger partial charge is 0.245 e. The van der Waals surface area contributed by atoms with Crippen LogP contribution in [0, 0.1) is 0 Å². The van der Waals surface area contributed by atoms with Crippen molar-refractivity contribution in [2.24, 2.45) is 0 Å². The molecular formula is C21H24Cl2N2O4S. The number of ether oxygens (including phenoxy) is 1. The molecule has 1 aliphatic rings. The summed E-state index contributed by atoms with van der Waals surface area (Å²) in [6.07, 6.45) is -0.224. The molecule has 9 heteroatoms. The molecule has 0 N–H and O–H groups in total. The van der Waals surface area contributed by atoms with E-state index in [-0.39, 0.29) is 46.1 Å². The van der Waals surface area contributed by atoms with Gasteiger partial charge in [-0.25, -0.2) is 8.42 Å². The van der Waals surface area contributed by atoms with Gasteiger partial charge in [0.15, 0.2) is 0 Å². The molecule has 3 rings (SSSR count). The molecule has 0 aromatic heterocycles. The number of sulfonamides is 1. The first kappa shape index (κ1) is 23.0. The molecule has 2 aromatic carbocycles. The van der Waals surface area contributed by atoms with E-state index in [1.165, 1.54) is 18.2 Å². The average Bonchev–Trinajstić information content (AvgIpc) is 2.69. The van der Waals surface area contributed by atoms with Crippen LogP contribution in [0.3, 0.4) is 0 Å². The van der Waals surface area contributed by atoms with Gasteiger partial charge in [0.05, 0.1) is 23.8 Å². The Morgan fingerprint density at radius 1 is 1.10 bits per heavy atom. The Balaban J connectivity index is 1.92. The molecule has 30 heavy (non-hydrogen) atoms. The summed E-state index contributed by atoms with van der Waals surface area (Å²) in [4.78, 5) is 14.5. The molecule has 6 nitrogen and oxygen atoms in total. The number of rotatable bonds is 6. The van der Waals surface area contributed by atoms with Gasteiger partial charge >= 0.3 is 0 Å². The van der Waals surface area contributed by atoms with Gasteiger partial charge in [0.1, 0.15) is 4.90 Å². The molecule has 1 heterocycles. The number of halogens is 2. The topological polar surface area (TPSA) is 66.9 Å². The summed E-state index contributed by atoms with van der Waals surface area (Å²) in [6, 6.07) is 13.4. The van der Waals surface area contributed by atoms with Crippen LogP contribution in [-0.2, 0) is 26.1 Å². The number of amides is 1. The molecule has 0 radical (unpaired) electrons. The molecule has 1 saturated heterocycles. The van der Waals surface area contributed by atoms with Gasteiger partial charge in [-0.05, 0) is 37.6 Å². The number of hydrogen-bond donors (Lipinski definition) is 0. The monoisotopic (exact) mass is 470 g/mol. The lowest BCUT2D eigenvalue weighted by Gasteiger charge is -2.36. The number of carbonyl (C=O) groups is 1. The van der Waals surface area contributed by atoms with Crippen LogP contribution in [0.25, 0.3) is 0 Å². The van der Waals surface area contributed by atoms with Crippen molar-refractivity contribution in [2.75, 3.05) is 19.6 Å². The lowest BCUT2D eigenvalue weighted by molar-refractivity contribution is -0.143. The minimum Gasteiger partial charge on any atom is -0.372 e. The molecule has 0 spiro atoms. The minimum absolute atomic E-state index is 0.0349. The molecule has 2 atom stereocenters. The van der Waals surface area contributed by atoms with E-state index in [9.17, 15) is 13.2 Å². The summed E-state index contributed by atoms with van der Waals surface area (Å²) in [5.41, 5.74) is 0.760. The van der Waals surface area contributed by atoms with Gasteiger partial charge in [0.2, 0.25) is 15.9 Å². The molecule has 1 aliphatic heterocycles. The summed E-state index contributed by atoms with van der Waals surface area (Å²) in [6.45, 7) is 4.34. The molecule has 0 aliphatic carbocycles. The fourth-order valence-corrected chi connectivity index (χ4v) is 5.57. The van der Waals surface area contributed by atoms with E-state index in [0.717, 1.165) is 9.87 Å². The van der Waals surface area contributed by atoms with Crippen molar-refractivity contribution < 1.29 is 17.9 Å². The second-order valence-electron chi connectivity index (χ2n) is 7.39. The Morgan fingerprint density at radius 2 is 1.73 bits per heavy atom. The quantitative estimate of drug-likeness (QED) is 0.643. The van der Waals surface area contributed by atoms with Gasteiger partial charge in [-0.2, -0.15) is 4.31 Å². The van der Waals surface area contributed by atoms with Gasteiger partial charge in [-0.1, -0.05) is 53.5 Å². The standard InChI is InChI=1S/C21H24Cl2N2O4S/c1-15-11-24(12-16(2)29-15)21(26)14-25(13-17-6-4-3-5-7-17)30(27,28)20-10-18(22)8-9-19(20)23/h3-10,15-16H,11-14H2,1-2H3. The second-order valence-corrected chi connectivity index (χ2v) is 10.1. The maximum atomic E-state index is 13.4. The van der Waals surface area contributed by atoms with Crippen molar-refractivity contribution >= 4 is 39.1 Å². The van der Waals surface area contributed by atoms with E-state index in [1.54, 1.807) is 4.90 Å². The fraction of sp³-hybridized carbons (Fsp3) is 0.381. The van der Waals surface area contributed by atoms with Crippen molar-refractivity contribution in [1.82, 2.24) is 9.21 Å². The Hall–Kier alpha value is -1.64. The van der Waals surface area contributed by atoms with E-state index in [2.05, 4.69) is 0 Å². The third kappa shape index (κ3) is 5.53. The van der Waals surface area contributed by atoms with E-state index < -0.39 is 10.0 Å². The first-order valence-corrected chi connectivity index (χ1v) is 11.8. The normalized spacial score (nSPS) is 19.8. The Bertz CT molecular complexity index is 991. The Morgan fingerprint density at radius 3 is 2.37 bits per heavy atom. The predicted octanol–water partition coefficient (Wildman–Crippen LogP) is 3.82. The highest BCUT2D eigenvalue weighted by molar-refractivity contribution is 7.89. The average molecular weight is 471 g/mol. The second kappa shape index (κ2) is 9.66. The highest BCUT2D eigenvalue weighted by atomic mass is 35.5. The zero-order valence-electron chi connectivity index (χ0n) is 16.8. The minimum atomic E-state index is -4.08. The van der Waals surface area contributed by atoms with Crippen LogP contribution in [-0.4, -0.2) is 55.4 Å². The molecular weight excluding hydrogens is 447 g/mol. The van der Waals surface area contributed by atoms with Gasteiger partial charge in [0.25, 0.3) is 0 Å². The molecule has 2 aromatic rings. The summed E-state index contributed by atoms with van der Waals surface area (Å²) < 4.78 is 33.7. The molecule has 1 amide bonds. The number of morpholine rings is 1. The lowest BCUT2D eigenvalue weighted by atomic mass is 10.2. The first-order valence-electron chi connectivity index (χ1n) is 9.59. The summed E-state index contributed by atoms with van der Waals surface area (Å²) in [5, 5.41) is 0.304. The first-order chi connectivity index (χ1) is 14.2. The van der Waals surface area contributed by atoms with Crippen molar-refractivity contribution in [1.29, 1.82) is 0 Å². The third-order valence-electron chi connectivity index (χ3n) is 4.80. The van der Waals surface area contributed by atoms with E-state index >= 15 is 0 Å². The third-order valence-corrected chi connectivity index (χ3v) is 7.31. The van der Waals surface area contributed by atoms with Gasteiger partial charge < -0.3 is 9.64 Å². The van der Waals surface area contributed by atoms with Crippen LogP contribution < -0.4 is 0 Å². The predicted molar refractivity (Wildman–Crippen MR) is 117 cm³/mol. The Labute approximate surface area is 187 Å². The van der Waals surface area contributed by atoms with Gasteiger partial charge in [0, 0.05) is 24.7 Å². The fourth-order valence-electron chi connectivity index (χ4n) is 3.46. The van der Waals surface area contributed by atoms with Crippen molar-refractivity contribution in [3.8, 4) is 0 Å². The molecule has 0 bridgehead atoms. The summed E-state index contributed by atoms with van der Waals surface area (Å²) >= 11 is 12.2. The van der Waals surface area contributed by atoms with Gasteiger partial charge in [-0.15, -0.1) is 0 Å². The van der Waals surface area contributed by atoms with Crippen molar-refractivity contribution in [3.63, 3.8) is 0 Å². The highest BCUT2D eigenvalue weighted by Crippen LogP contribution is 2.29. The molecule has 162 valence electrons. The lowest BCUT2D eigenvalue weighted by Crippen LogP contribution is -2.51. The largest absolute Gasteiger partial charge is 0.372 e. The van der Waals surface area contributed by atoms with Crippen molar-refractivity contribution in [2.45, 2.75) is 37.5 Å². The van der Waals surface area contributed by atoms with Crippen LogP contribution in [0.15, 0.2) is 53.4 Å². The zero-order valence-corrected chi connectivity index (χ0v) is 19.1. The maximum Gasteiger partial charge on any atom is 0.245 e. The molecule has 1 fully saturated rings. The maximum absolute atomic E-state index is 13.4. The summed E-state index contributed by atoms with van der Waals surface area (Å²) in [5.74, 6) is -0.283. The van der Waals surface area contributed by atoms with E-state index in [0.29, 0.717) is 13.1 Å². The number of benzene rings is 2. The van der Waals surface area contributed by atoms with Gasteiger partial charge in [-0.3, -0.25) is 4.79 Å². The molecule has 2 unspecified atom stereocenters.